The molecular formula is C13H19N3O2. The highest BCUT2D eigenvalue weighted by molar-refractivity contribution is 5.47. The molecule has 1 atom stereocenters. The molecule has 5 nitrogen and oxygen atoms in total. The largest absolute Gasteiger partial charge is 0.367 e. The van der Waals surface area contributed by atoms with Gasteiger partial charge in [-0.3, -0.25) is 10.1 Å². The number of nitro groups is 1. The number of pyridine rings is 1. The van der Waals surface area contributed by atoms with E-state index in [1.165, 1.54) is 25.5 Å². The Morgan fingerprint density at radius 1 is 1.61 bits per heavy atom. The highest BCUT2D eigenvalue weighted by Gasteiger charge is 2.25. The van der Waals surface area contributed by atoms with E-state index in [4.69, 9.17) is 0 Å². The smallest absolute Gasteiger partial charge is 0.290 e. The molecule has 2 rings (SSSR count). The molecule has 1 aliphatic carbocycles. The number of aromatic nitrogens is 1. The lowest BCUT2D eigenvalue weighted by atomic mass is 10.1. The molecule has 1 aromatic heterocycles. The molecule has 1 fully saturated rings. The first-order valence-electron chi connectivity index (χ1n) is 6.47. The highest BCUT2D eigenvalue weighted by Crippen LogP contribution is 2.34. The fraction of sp³-hybridized carbons (Fsp3) is 0.615. The molecule has 0 spiro atoms. The van der Waals surface area contributed by atoms with E-state index in [0.717, 1.165) is 18.2 Å². The van der Waals surface area contributed by atoms with Crippen LogP contribution < -0.4 is 5.32 Å². The molecule has 18 heavy (non-hydrogen) atoms. The Bertz CT molecular complexity index is 444. The van der Waals surface area contributed by atoms with Crippen LogP contribution in [0.15, 0.2) is 12.3 Å². The summed E-state index contributed by atoms with van der Waals surface area (Å²) >= 11 is 0. The number of rotatable bonds is 6. The van der Waals surface area contributed by atoms with Crippen molar-refractivity contribution in [1.82, 2.24) is 4.98 Å². The van der Waals surface area contributed by atoms with Crippen molar-refractivity contribution in [3.05, 3.63) is 27.9 Å². The normalized spacial score (nSPS) is 16.3. The van der Waals surface area contributed by atoms with Gasteiger partial charge >= 0.3 is 0 Å². The van der Waals surface area contributed by atoms with E-state index in [-0.39, 0.29) is 5.69 Å². The summed E-state index contributed by atoms with van der Waals surface area (Å²) in [5.41, 5.74) is 0.731. The van der Waals surface area contributed by atoms with Gasteiger partial charge in [-0.25, -0.2) is 4.98 Å². The van der Waals surface area contributed by atoms with E-state index in [2.05, 4.69) is 17.2 Å². The van der Waals surface area contributed by atoms with Crippen LogP contribution >= 0.6 is 0 Å². The fourth-order valence-corrected chi connectivity index (χ4v) is 2.11. The minimum absolute atomic E-state index is 0.0794. The molecule has 1 aliphatic rings. The second-order valence-corrected chi connectivity index (χ2v) is 5.04. The minimum atomic E-state index is -0.395. The summed E-state index contributed by atoms with van der Waals surface area (Å²) in [6, 6.07) is 2.18. The van der Waals surface area contributed by atoms with E-state index >= 15 is 0 Å². The van der Waals surface area contributed by atoms with Gasteiger partial charge in [-0.15, -0.1) is 0 Å². The number of aryl methyl sites for hydroxylation is 1. The Labute approximate surface area is 107 Å². The maximum Gasteiger partial charge on any atom is 0.290 e. The SMILES string of the molecule is CCC(CC1CC1)Nc1cc(C)c([N+](=O)[O-])cn1. The Balaban J connectivity index is 2.03. The van der Waals surface area contributed by atoms with Gasteiger partial charge < -0.3 is 5.32 Å². The number of anilines is 1. The average molecular weight is 249 g/mol. The number of nitrogens with zero attached hydrogens (tertiary/aromatic N) is 2. The van der Waals surface area contributed by atoms with Crippen LogP contribution in [-0.4, -0.2) is 15.9 Å². The predicted octanol–water partition coefficient (Wildman–Crippen LogP) is 3.29. The summed E-state index contributed by atoms with van der Waals surface area (Å²) in [5, 5.41) is 14.1. The van der Waals surface area contributed by atoms with E-state index < -0.39 is 4.92 Å². The van der Waals surface area contributed by atoms with Gasteiger partial charge in [0, 0.05) is 11.6 Å². The van der Waals surface area contributed by atoms with E-state index in [0.29, 0.717) is 11.6 Å². The highest BCUT2D eigenvalue weighted by atomic mass is 16.6. The molecule has 5 heteroatoms. The van der Waals surface area contributed by atoms with E-state index in [9.17, 15) is 10.1 Å². The van der Waals surface area contributed by atoms with Crippen molar-refractivity contribution >= 4 is 11.5 Å². The van der Waals surface area contributed by atoms with Gasteiger partial charge in [0.15, 0.2) is 0 Å². The van der Waals surface area contributed by atoms with Gasteiger partial charge in [0.25, 0.3) is 5.69 Å². The Hall–Kier alpha value is -1.65. The van der Waals surface area contributed by atoms with E-state index in [1.807, 2.05) is 0 Å². The molecule has 1 unspecified atom stereocenters. The molecule has 1 heterocycles. The van der Waals surface area contributed by atoms with Crippen LogP contribution in [0.3, 0.4) is 0 Å². The van der Waals surface area contributed by atoms with Crippen LogP contribution in [0, 0.1) is 23.0 Å². The zero-order valence-corrected chi connectivity index (χ0v) is 10.8. The minimum Gasteiger partial charge on any atom is -0.367 e. The van der Waals surface area contributed by atoms with Gasteiger partial charge in [0.05, 0.1) is 4.92 Å². The van der Waals surface area contributed by atoms with Crippen LogP contribution in [0.4, 0.5) is 11.5 Å². The number of hydrogen-bond acceptors (Lipinski definition) is 4. The molecule has 0 aromatic carbocycles. The Kier molecular flexibility index (Phi) is 3.79. The van der Waals surface area contributed by atoms with Crippen molar-refractivity contribution in [2.45, 2.75) is 45.6 Å². The van der Waals surface area contributed by atoms with Gasteiger partial charge in [-0.1, -0.05) is 19.8 Å². The second-order valence-electron chi connectivity index (χ2n) is 5.04. The number of hydrogen-bond donors (Lipinski definition) is 1. The van der Waals surface area contributed by atoms with Gasteiger partial charge in [-0.2, -0.15) is 0 Å². The summed E-state index contributed by atoms with van der Waals surface area (Å²) in [5.74, 6) is 1.60. The Morgan fingerprint density at radius 3 is 2.83 bits per heavy atom. The van der Waals surface area contributed by atoms with Crippen LogP contribution in [-0.2, 0) is 0 Å². The first-order valence-corrected chi connectivity index (χ1v) is 6.47. The van der Waals surface area contributed by atoms with Crippen LogP contribution in [0.25, 0.3) is 0 Å². The quantitative estimate of drug-likeness (QED) is 0.620. The average Bonchev–Trinajstić information content (AvgIpc) is 3.11. The summed E-state index contributed by atoms with van der Waals surface area (Å²) in [6.07, 6.45) is 6.24. The number of nitrogens with one attached hydrogen (secondary N) is 1. The van der Waals surface area contributed by atoms with Crippen molar-refractivity contribution in [3.8, 4) is 0 Å². The second kappa shape index (κ2) is 5.33. The van der Waals surface area contributed by atoms with Crippen molar-refractivity contribution in [2.24, 2.45) is 5.92 Å². The van der Waals surface area contributed by atoms with E-state index in [1.54, 1.807) is 13.0 Å². The van der Waals surface area contributed by atoms with Crippen LogP contribution in [0.5, 0.6) is 0 Å². The molecule has 0 radical (unpaired) electrons. The topological polar surface area (TPSA) is 68.1 Å². The molecule has 0 saturated heterocycles. The molecule has 1 aromatic rings. The van der Waals surface area contributed by atoms with Crippen molar-refractivity contribution in [1.29, 1.82) is 0 Å². The summed E-state index contributed by atoms with van der Waals surface area (Å²) in [7, 11) is 0. The monoisotopic (exact) mass is 249 g/mol. The lowest BCUT2D eigenvalue weighted by Crippen LogP contribution is -2.19. The fourth-order valence-electron chi connectivity index (χ4n) is 2.11. The first-order chi connectivity index (χ1) is 8.60. The zero-order chi connectivity index (χ0) is 13.1. The zero-order valence-electron chi connectivity index (χ0n) is 10.8. The molecule has 0 bridgehead atoms. The van der Waals surface area contributed by atoms with Crippen molar-refractivity contribution < 1.29 is 4.92 Å². The summed E-state index contributed by atoms with van der Waals surface area (Å²) in [6.45, 7) is 3.89. The van der Waals surface area contributed by atoms with Gasteiger partial charge in [-0.05, 0) is 31.7 Å². The summed E-state index contributed by atoms with van der Waals surface area (Å²) in [4.78, 5) is 14.4. The van der Waals surface area contributed by atoms with Crippen molar-refractivity contribution in [3.63, 3.8) is 0 Å². The third-order valence-corrected chi connectivity index (χ3v) is 3.44. The third kappa shape index (κ3) is 3.18. The first kappa shape index (κ1) is 12.8. The Morgan fingerprint density at radius 2 is 2.33 bits per heavy atom. The van der Waals surface area contributed by atoms with Gasteiger partial charge in [0.1, 0.15) is 12.0 Å². The standard InChI is InChI=1S/C13H19N3O2/c1-3-11(7-10-4-5-10)15-13-6-9(2)12(8-14-13)16(17)18/h6,8,10-11H,3-5,7H2,1-2H3,(H,14,15). The molecule has 98 valence electrons. The summed E-state index contributed by atoms with van der Waals surface area (Å²) < 4.78 is 0. The van der Waals surface area contributed by atoms with Crippen LogP contribution in [0.1, 0.15) is 38.2 Å². The molecule has 1 saturated carbocycles. The van der Waals surface area contributed by atoms with Crippen LogP contribution in [0.2, 0.25) is 0 Å². The third-order valence-electron chi connectivity index (χ3n) is 3.44. The van der Waals surface area contributed by atoms with Gasteiger partial charge in [0.2, 0.25) is 0 Å². The maximum atomic E-state index is 10.7. The lowest BCUT2D eigenvalue weighted by Gasteiger charge is -2.17. The predicted molar refractivity (Wildman–Crippen MR) is 70.7 cm³/mol. The molecule has 1 N–H and O–H groups in total. The lowest BCUT2D eigenvalue weighted by molar-refractivity contribution is -0.385. The van der Waals surface area contributed by atoms with Crippen molar-refractivity contribution in [2.75, 3.05) is 5.32 Å². The molecule has 0 aliphatic heterocycles. The maximum absolute atomic E-state index is 10.7. The molecule has 0 amide bonds. The molecular weight excluding hydrogens is 230 g/mol.